The van der Waals surface area contributed by atoms with Crippen LogP contribution in [0.4, 0.5) is 5.69 Å². The number of hydrogen-bond acceptors (Lipinski definition) is 2. The molecule has 2 aliphatic heterocycles. The van der Waals surface area contributed by atoms with E-state index < -0.39 is 0 Å². The van der Waals surface area contributed by atoms with E-state index in [-0.39, 0.29) is 1.43 Å². The summed E-state index contributed by atoms with van der Waals surface area (Å²) in [6.45, 7) is 4.67. The summed E-state index contributed by atoms with van der Waals surface area (Å²) in [5.74, 6) is 1.77. The largest absolute Gasteiger partial charge is 0.369 e. The van der Waals surface area contributed by atoms with Gasteiger partial charge in [-0.3, -0.25) is 0 Å². The molecule has 0 spiro atoms. The van der Waals surface area contributed by atoms with E-state index in [4.69, 9.17) is 0 Å². The molecule has 2 nitrogen and oxygen atoms in total. The Bertz CT molecular complexity index is 460. The molecule has 0 amide bonds. The Kier molecular flexibility index (Phi) is 2.58. The summed E-state index contributed by atoms with van der Waals surface area (Å²) >= 11 is 0. The number of nitrogens with one attached hydrogen (secondary N) is 1. The first-order valence-electron chi connectivity index (χ1n) is 7.51. The van der Waals surface area contributed by atoms with Crippen molar-refractivity contribution in [1.82, 2.24) is 5.32 Å². The molecule has 1 N–H and O–H groups in total. The van der Waals surface area contributed by atoms with Gasteiger partial charge in [0.05, 0.1) is 0 Å². The van der Waals surface area contributed by atoms with Crippen molar-refractivity contribution >= 4 is 5.69 Å². The van der Waals surface area contributed by atoms with E-state index in [2.05, 4.69) is 28.4 Å². The van der Waals surface area contributed by atoms with Crippen LogP contribution in [0.25, 0.3) is 0 Å². The van der Waals surface area contributed by atoms with Crippen molar-refractivity contribution in [3.8, 4) is 0 Å². The quantitative estimate of drug-likeness (QED) is 0.754. The Hall–Kier alpha value is -1.02. The molecule has 1 aliphatic carbocycles. The highest BCUT2D eigenvalue weighted by Gasteiger charge is 2.36. The van der Waals surface area contributed by atoms with Gasteiger partial charge in [0.1, 0.15) is 0 Å². The second kappa shape index (κ2) is 4.27. The summed E-state index contributed by atoms with van der Waals surface area (Å²) in [4.78, 5) is 2.66. The number of benzene rings is 1. The normalized spacial score (nSPS) is 30.3. The van der Waals surface area contributed by atoms with Crippen LogP contribution in [0, 0.1) is 5.92 Å². The standard InChI is InChI=1S/C16H22N2.H2/c1-2-6-14-13(4-1)11-18-9-8-17-10-12-5-3-7-15(14)16(12)18;/h3,5,7,13-14,17H,1-2,4,6,8-11H2;1H/t13?,14-;/m0./s1. The first-order chi connectivity index (χ1) is 8.93. The lowest BCUT2D eigenvalue weighted by molar-refractivity contribution is 0.297. The van der Waals surface area contributed by atoms with E-state index in [0.29, 0.717) is 0 Å². The molecule has 2 heteroatoms. The zero-order chi connectivity index (χ0) is 11.9. The van der Waals surface area contributed by atoms with Gasteiger partial charge in [-0.25, -0.2) is 0 Å². The van der Waals surface area contributed by atoms with E-state index in [1.54, 1.807) is 11.3 Å². The van der Waals surface area contributed by atoms with Gasteiger partial charge in [0.15, 0.2) is 0 Å². The molecule has 0 bridgehead atoms. The Morgan fingerprint density at radius 2 is 2.17 bits per heavy atom. The van der Waals surface area contributed by atoms with Crippen molar-refractivity contribution < 1.29 is 1.43 Å². The van der Waals surface area contributed by atoms with Gasteiger partial charge in [0, 0.05) is 33.3 Å². The molecule has 1 fully saturated rings. The van der Waals surface area contributed by atoms with Gasteiger partial charge in [0.2, 0.25) is 0 Å². The van der Waals surface area contributed by atoms with Gasteiger partial charge >= 0.3 is 0 Å². The molecule has 1 aromatic rings. The Labute approximate surface area is 111 Å². The minimum atomic E-state index is 0. The maximum absolute atomic E-state index is 3.56. The smallest absolute Gasteiger partial charge is 0.0447 e. The van der Waals surface area contributed by atoms with Gasteiger partial charge in [-0.1, -0.05) is 31.0 Å². The van der Waals surface area contributed by atoms with Crippen LogP contribution in [0.15, 0.2) is 18.2 Å². The summed E-state index contributed by atoms with van der Waals surface area (Å²) in [6, 6.07) is 6.99. The van der Waals surface area contributed by atoms with Gasteiger partial charge in [-0.15, -0.1) is 0 Å². The molecular formula is C16H24N2. The van der Waals surface area contributed by atoms with Crippen LogP contribution in [0.5, 0.6) is 0 Å². The zero-order valence-electron chi connectivity index (χ0n) is 11.0. The van der Waals surface area contributed by atoms with Gasteiger partial charge < -0.3 is 10.2 Å². The van der Waals surface area contributed by atoms with Crippen LogP contribution in [0.1, 0.15) is 44.2 Å². The Morgan fingerprint density at radius 1 is 1.22 bits per heavy atom. The van der Waals surface area contributed by atoms with Crippen LogP contribution in [-0.4, -0.2) is 19.6 Å². The number of fused-ring (bicyclic) bond motifs is 2. The third-order valence-corrected chi connectivity index (χ3v) is 5.10. The molecule has 0 saturated heterocycles. The predicted octanol–water partition coefficient (Wildman–Crippen LogP) is 3.13. The maximum atomic E-state index is 3.56. The van der Waals surface area contributed by atoms with E-state index in [1.807, 2.05) is 0 Å². The fourth-order valence-corrected chi connectivity index (χ4v) is 4.29. The van der Waals surface area contributed by atoms with Crippen molar-refractivity contribution in [2.45, 2.75) is 38.1 Å². The number of anilines is 1. The number of rotatable bonds is 0. The Balaban J connectivity index is 0.00000110. The Morgan fingerprint density at radius 3 is 3.17 bits per heavy atom. The molecule has 1 aromatic carbocycles. The third-order valence-electron chi connectivity index (χ3n) is 5.10. The molecule has 98 valence electrons. The number of nitrogens with zero attached hydrogens (tertiary/aromatic N) is 1. The molecule has 4 rings (SSSR count). The number of para-hydroxylation sites is 1. The topological polar surface area (TPSA) is 15.3 Å². The van der Waals surface area contributed by atoms with E-state index >= 15 is 0 Å². The van der Waals surface area contributed by atoms with Crippen LogP contribution in [-0.2, 0) is 6.54 Å². The molecule has 0 radical (unpaired) electrons. The second-order valence-electron chi connectivity index (χ2n) is 6.13. The lowest BCUT2D eigenvalue weighted by Crippen LogP contribution is -2.41. The fourth-order valence-electron chi connectivity index (χ4n) is 4.29. The van der Waals surface area contributed by atoms with E-state index in [0.717, 1.165) is 24.9 Å². The molecule has 0 aromatic heterocycles. The molecule has 1 saturated carbocycles. The molecule has 1 unspecified atom stereocenters. The summed E-state index contributed by atoms with van der Waals surface area (Å²) in [7, 11) is 0. The summed E-state index contributed by atoms with van der Waals surface area (Å²) in [5.41, 5.74) is 4.77. The van der Waals surface area contributed by atoms with Crippen molar-refractivity contribution in [1.29, 1.82) is 0 Å². The highest BCUT2D eigenvalue weighted by Crippen LogP contribution is 2.47. The van der Waals surface area contributed by atoms with Crippen LogP contribution < -0.4 is 10.2 Å². The molecule has 2 heterocycles. The second-order valence-corrected chi connectivity index (χ2v) is 6.13. The zero-order valence-corrected chi connectivity index (χ0v) is 11.0. The van der Waals surface area contributed by atoms with Gasteiger partial charge in [-0.2, -0.15) is 0 Å². The molecule has 18 heavy (non-hydrogen) atoms. The highest BCUT2D eigenvalue weighted by atomic mass is 15.2. The monoisotopic (exact) mass is 244 g/mol. The minimum absolute atomic E-state index is 0. The summed E-state index contributed by atoms with van der Waals surface area (Å²) < 4.78 is 0. The van der Waals surface area contributed by atoms with Crippen LogP contribution in [0.2, 0.25) is 0 Å². The van der Waals surface area contributed by atoms with Crippen molar-refractivity contribution in [3.63, 3.8) is 0 Å². The highest BCUT2D eigenvalue weighted by molar-refractivity contribution is 5.63. The van der Waals surface area contributed by atoms with E-state index in [1.165, 1.54) is 44.3 Å². The van der Waals surface area contributed by atoms with E-state index in [9.17, 15) is 0 Å². The van der Waals surface area contributed by atoms with Gasteiger partial charge in [-0.05, 0) is 35.8 Å². The molecule has 3 aliphatic rings. The van der Waals surface area contributed by atoms with Gasteiger partial charge in [0.25, 0.3) is 0 Å². The first-order valence-corrected chi connectivity index (χ1v) is 7.51. The maximum Gasteiger partial charge on any atom is 0.0447 e. The summed E-state index contributed by atoms with van der Waals surface area (Å²) in [5, 5.41) is 3.56. The van der Waals surface area contributed by atoms with Crippen molar-refractivity contribution in [2.75, 3.05) is 24.5 Å². The average molecular weight is 244 g/mol. The van der Waals surface area contributed by atoms with Crippen LogP contribution in [0.3, 0.4) is 0 Å². The van der Waals surface area contributed by atoms with Crippen LogP contribution >= 0.6 is 0 Å². The first kappa shape index (κ1) is 10.9. The summed E-state index contributed by atoms with van der Waals surface area (Å²) in [6.07, 6.45) is 5.74. The molecule has 2 atom stereocenters. The predicted molar refractivity (Wildman–Crippen MR) is 77.2 cm³/mol. The van der Waals surface area contributed by atoms with Crippen molar-refractivity contribution in [2.24, 2.45) is 5.92 Å². The molecular weight excluding hydrogens is 220 g/mol. The lowest BCUT2D eigenvalue weighted by atomic mass is 9.72. The fraction of sp³-hybridized carbons (Fsp3) is 0.625. The minimum Gasteiger partial charge on any atom is -0.369 e. The average Bonchev–Trinajstić information content (AvgIpc) is 2.63. The number of hydrogen-bond donors (Lipinski definition) is 1. The van der Waals surface area contributed by atoms with Crippen molar-refractivity contribution in [3.05, 3.63) is 29.3 Å². The SMILES string of the molecule is [HH].c1cc2c3c(c1)[C@H]1CCCCC1CN3CCNC2. The third kappa shape index (κ3) is 1.58. The lowest BCUT2D eigenvalue weighted by Gasteiger charge is -2.44.